The van der Waals surface area contributed by atoms with E-state index < -0.39 is 12.5 Å². The first-order valence-electron chi connectivity index (χ1n) is 13.8. The average Bonchev–Trinajstić information content (AvgIpc) is 2.73. The van der Waals surface area contributed by atoms with Crippen molar-refractivity contribution in [2.75, 3.05) is 0 Å². The Hall–Kier alpha value is -0.120. The van der Waals surface area contributed by atoms with Gasteiger partial charge in [-0.15, -0.1) is 0 Å². The zero-order valence-electron chi connectivity index (χ0n) is 20.8. The number of hydrogen-bond acceptors (Lipinski definition) is 3. The number of aliphatic hydroxyl groups excluding tert-OH is 2. The lowest BCUT2D eigenvalue weighted by Gasteiger charge is -2.17. The molecular weight excluding hydrogens is 370 g/mol. The van der Waals surface area contributed by atoms with E-state index >= 15 is 0 Å². The van der Waals surface area contributed by atoms with Crippen molar-refractivity contribution in [2.24, 2.45) is 0 Å². The quantitative estimate of drug-likeness (QED) is 0.102. The molecule has 2 atom stereocenters. The molecule has 3 N–H and O–H groups in total. The molecule has 0 bridgehead atoms. The third-order valence-electron chi connectivity index (χ3n) is 6.30. The maximum Gasteiger partial charge on any atom is 0.106 e. The van der Waals surface area contributed by atoms with Crippen LogP contribution < -0.4 is 5.32 Å². The van der Waals surface area contributed by atoms with Gasteiger partial charge >= 0.3 is 0 Å². The highest BCUT2D eigenvalue weighted by atomic mass is 16.3. The molecule has 0 aromatic rings. The monoisotopic (exact) mass is 427 g/mol. The Kier molecular flexibility index (Phi) is 25.0. The van der Waals surface area contributed by atoms with Crippen LogP contribution in [0.25, 0.3) is 0 Å². The fraction of sp³-hybridized carbons (Fsp3) is 1.00. The first kappa shape index (κ1) is 29.9. The predicted octanol–water partition coefficient (Wildman–Crippen LogP) is 8.22. The van der Waals surface area contributed by atoms with Gasteiger partial charge in [0.2, 0.25) is 0 Å². The van der Waals surface area contributed by atoms with Crippen molar-refractivity contribution in [1.82, 2.24) is 5.32 Å². The van der Waals surface area contributed by atoms with E-state index in [9.17, 15) is 10.2 Å². The summed E-state index contributed by atoms with van der Waals surface area (Å²) in [4.78, 5) is 0. The molecule has 182 valence electrons. The normalized spacial score (nSPS) is 13.6. The summed E-state index contributed by atoms with van der Waals surface area (Å²) in [5.41, 5.74) is 0. The van der Waals surface area contributed by atoms with Crippen LogP contribution in [0.15, 0.2) is 0 Å². The topological polar surface area (TPSA) is 52.5 Å². The van der Waals surface area contributed by atoms with E-state index in [1.807, 2.05) is 0 Å². The SMILES string of the molecule is CCCCCCCCCCCCCCCCCCCCCC(O)NC(O)CCCC. The van der Waals surface area contributed by atoms with Crippen molar-refractivity contribution in [3.63, 3.8) is 0 Å². The second kappa shape index (κ2) is 25.1. The molecule has 0 saturated heterocycles. The molecule has 0 radical (unpaired) electrons. The predicted molar refractivity (Wildman–Crippen MR) is 133 cm³/mol. The molecule has 2 unspecified atom stereocenters. The van der Waals surface area contributed by atoms with Crippen molar-refractivity contribution in [3.8, 4) is 0 Å². The lowest BCUT2D eigenvalue weighted by atomic mass is 10.0. The van der Waals surface area contributed by atoms with Crippen molar-refractivity contribution >= 4 is 0 Å². The lowest BCUT2D eigenvalue weighted by Crippen LogP contribution is -2.38. The first-order valence-corrected chi connectivity index (χ1v) is 13.8. The molecule has 0 spiro atoms. The van der Waals surface area contributed by atoms with Crippen LogP contribution in [0.2, 0.25) is 0 Å². The largest absolute Gasteiger partial charge is 0.379 e. The molecule has 0 aliphatic rings. The Morgan fingerprint density at radius 1 is 0.400 bits per heavy atom. The van der Waals surface area contributed by atoms with E-state index in [4.69, 9.17) is 0 Å². The fourth-order valence-electron chi connectivity index (χ4n) is 4.20. The fourth-order valence-corrected chi connectivity index (χ4v) is 4.20. The molecular formula is C27H57NO2. The number of aliphatic hydroxyl groups is 2. The number of nitrogens with one attached hydrogen (secondary N) is 1. The summed E-state index contributed by atoms with van der Waals surface area (Å²) in [5, 5.41) is 22.5. The molecule has 0 fully saturated rings. The van der Waals surface area contributed by atoms with Crippen LogP contribution in [0, 0.1) is 0 Å². The number of hydrogen-bond donors (Lipinski definition) is 3. The van der Waals surface area contributed by atoms with Gasteiger partial charge in [0.15, 0.2) is 0 Å². The van der Waals surface area contributed by atoms with E-state index in [1.165, 1.54) is 116 Å². The standard InChI is InChI=1S/C27H57NO2/c1-3-5-7-8-9-10-11-12-13-14-15-16-17-18-19-20-21-22-23-25-27(30)28-26(29)24-6-4-2/h26-30H,3-25H2,1-2H3. The Morgan fingerprint density at radius 2 is 0.667 bits per heavy atom. The van der Waals surface area contributed by atoms with E-state index in [-0.39, 0.29) is 0 Å². The van der Waals surface area contributed by atoms with Crippen LogP contribution in [0.5, 0.6) is 0 Å². The lowest BCUT2D eigenvalue weighted by molar-refractivity contribution is 0.0312. The summed E-state index contributed by atoms with van der Waals surface area (Å²) in [6.45, 7) is 4.40. The molecule has 0 aromatic heterocycles. The average molecular weight is 428 g/mol. The van der Waals surface area contributed by atoms with Crippen molar-refractivity contribution in [1.29, 1.82) is 0 Å². The zero-order chi connectivity index (χ0) is 22.1. The van der Waals surface area contributed by atoms with E-state index in [2.05, 4.69) is 19.2 Å². The van der Waals surface area contributed by atoms with Crippen molar-refractivity contribution in [3.05, 3.63) is 0 Å². The summed E-state index contributed by atoms with van der Waals surface area (Å²) >= 11 is 0. The molecule has 3 nitrogen and oxygen atoms in total. The smallest absolute Gasteiger partial charge is 0.106 e. The number of unbranched alkanes of at least 4 members (excludes halogenated alkanes) is 19. The second-order valence-corrected chi connectivity index (χ2v) is 9.49. The molecule has 0 saturated carbocycles. The minimum absolute atomic E-state index is 0.553. The molecule has 3 heteroatoms. The molecule has 0 aliphatic carbocycles. The van der Waals surface area contributed by atoms with Gasteiger partial charge < -0.3 is 10.2 Å². The van der Waals surface area contributed by atoms with Gasteiger partial charge in [0.1, 0.15) is 12.5 Å². The maximum atomic E-state index is 9.89. The van der Waals surface area contributed by atoms with Crippen LogP contribution in [-0.2, 0) is 0 Å². The van der Waals surface area contributed by atoms with E-state index in [1.54, 1.807) is 0 Å². The zero-order valence-corrected chi connectivity index (χ0v) is 20.8. The van der Waals surface area contributed by atoms with Crippen LogP contribution in [-0.4, -0.2) is 22.7 Å². The van der Waals surface area contributed by atoms with E-state index in [0.717, 1.165) is 32.1 Å². The Balaban J connectivity index is 3.14. The van der Waals surface area contributed by atoms with Crippen LogP contribution in [0.1, 0.15) is 162 Å². The Labute approximate surface area is 189 Å². The Bertz CT molecular complexity index is 311. The highest BCUT2D eigenvalue weighted by Gasteiger charge is 2.09. The van der Waals surface area contributed by atoms with Crippen LogP contribution >= 0.6 is 0 Å². The molecule has 0 rings (SSSR count). The Morgan fingerprint density at radius 3 is 1.00 bits per heavy atom. The summed E-state index contributed by atoms with van der Waals surface area (Å²) in [7, 11) is 0. The number of rotatable bonds is 25. The van der Waals surface area contributed by atoms with Crippen LogP contribution in [0.4, 0.5) is 0 Å². The van der Waals surface area contributed by atoms with Gasteiger partial charge in [-0.25, -0.2) is 0 Å². The minimum Gasteiger partial charge on any atom is -0.379 e. The maximum absolute atomic E-state index is 9.89. The summed E-state index contributed by atoms with van der Waals surface area (Å²) < 4.78 is 0. The first-order chi connectivity index (χ1) is 14.7. The third kappa shape index (κ3) is 24.2. The van der Waals surface area contributed by atoms with Gasteiger partial charge in [-0.05, 0) is 25.7 Å². The van der Waals surface area contributed by atoms with Gasteiger partial charge in [0.05, 0.1) is 0 Å². The van der Waals surface area contributed by atoms with Gasteiger partial charge in [0.25, 0.3) is 0 Å². The molecule has 30 heavy (non-hydrogen) atoms. The summed E-state index contributed by atoms with van der Waals surface area (Å²) in [5.74, 6) is 0. The van der Waals surface area contributed by atoms with Crippen LogP contribution in [0.3, 0.4) is 0 Å². The van der Waals surface area contributed by atoms with Gasteiger partial charge in [-0.2, -0.15) is 0 Å². The van der Waals surface area contributed by atoms with Crippen molar-refractivity contribution in [2.45, 2.75) is 174 Å². The molecule has 0 heterocycles. The van der Waals surface area contributed by atoms with Crippen molar-refractivity contribution < 1.29 is 10.2 Å². The highest BCUT2D eigenvalue weighted by molar-refractivity contribution is 4.59. The summed E-state index contributed by atoms with van der Waals surface area (Å²) in [6.07, 6.45) is 28.8. The molecule has 0 aliphatic heterocycles. The summed E-state index contributed by atoms with van der Waals surface area (Å²) in [6, 6.07) is 0. The molecule has 0 aromatic carbocycles. The highest BCUT2D eigenvalue weighted by Crippen LogP contribution is 2.15. The second-order valence-electron chi connectivity index (χ2n) is 9.49. The third-order valence-corrected chi connectivity index (χ3v) is 6.30. The minimum atomic E-state index is -0.555. The molecule has 0 amide bonds. The van der Waals surface area contributed by atoms with E-state index in [0.29, 0.717) is 0 Å². The van der Waals surface area contributed by atoms with Gasteiger partial charge in [0, 0.05) is 0 Å². The van der Waals surface area contributed by atoms with Gasteiger partial charge in [-0.3, -0.25) is 5.32 Å². The van der Waals surface area contributed by atoms with Gasteiger partial charge in [-0.1, -0.05) is 136 Å².